The first kappa shape index (κ1) is 24.0. The van der Waals surface area contributed by atoms with Gasteiger partial charge in [-0.15, -0.1) is 5.10 Å². The third kappa shape index (κ3) is 6.45. The number of anilines is 1. The molecule has 4 N–H and O–H groups in total. The molecule has 4 rings (SSSR count). The number of hydrogen-bond donors (Lipinski definition) is 4. The number of carbonyl (C=O) groups excluding carboxylic acids is 1. The van der Waals surface area contributed by atoms with Crippen LogP contribution in [0, 0.1) is 0 Å². The lowest BCUT2D eigenvalue weighted by molar-refractivity contribution is 0.0945. The number of aromatic nitrogens is 6. The van der Waals surface area contributed by atoms with E-state index < -0.39 is 0 Å². The van der Waals surface area contributed by atoms with Gasteiger partial charge in [0.15, 0.2) is 11.5 Å². The van der Waals surface area contributed by atoms with Crippen molar-refractivity contribution in [3.63, 3.8) is 0 Å². The summed E-state index contributed by atoms with van der Waals surface area (Å²) in [6.07, 6.45) is 3.28. The van der Waals surface area contributed by atoms with Crippen LogP contribution in [-0.2, 0) is 19.6 Å². The van der Waals surface area contributed by atoms with E-state index >= 15 is 0 Å². The summed E-state index contributed by atoms with van der Waals surface area (Å²) in [4.78, 5) is 20.5. The molecule has 0 unspecified atom stereocenters. The molecule has 1 aromatic carbocycles. The third-order valence-corrected chi connectivity index (χ3v) is 5.50. The lowest BCUT2D eigenvalue weighted by Gasteiger charge is -2.06. The molecular weight excluding hydrogens is 520 g/mol. The normalized spacial score (nSPS) is 11.3. The third-order valence-electron chi connectivity index (χ3n) is 4.73. The predicted molar refractivity (Wildman–Crippen MR) is 128 cm³/mol. The average molecular weight is 541 g/mol. The molecule has 0 saturated heterocycles. The number of benzene rings is 1. The number of hydrogen-bond acceptors (Lipinski definition) is 10. The van der Waals surface area contributed by atoms with Gasteiger partial charge in [0.2, 0.25) is 5.82 Å². The number of rotatable bonds is 10. The zero-order chi connectivity index (χ0) is 24.5. The number of halogens is 1. The van der Waals surface area contributed by atoms with Gasteiger partial charge in [-0.3, -0.25) is 30.1 Å². The molecule has 0 atom stereocenters. The molecule has 0 radical (unpaired) electrons. The molecule has 0 aliphatic carbocycles. The van der Waals surface area contributed by atoms with E-state index in [2.05, 4.69) is 57.2 Å². The van der Waals surface area contributed by atoms with Crippen molar-refractivity contribution in [3.8, 4) is 0 Å². The highest BCUT2D eigenvalue weighted by Crippen LogP contribution is 2.17. The van der Waals surface area contributed by atoms with E-state index in [0.29, 0.717) is 36.8 Å². The van der Waals surface area contributed by atoms with Gasteiger partial charge in [-0.2, -0.15) is 0 Å². The molecule has 0 aliphatic rings. The fourth-order valence-corrected chi connectivity index (χ4v) is 3.40. The summed E-state index contributed by atoms with van der Waals surface area (Å²) in [6, 6.07) is 12.7. The molecule has 0 bridgehead atoms. The molecule has 3 heterocycles. The quantitative estimate of drug-likeness (QED) is 0.132. The topological polar surface area (TPSA) is 168 Å². The van der Waals surface area contributed by atoms with Crippen molar-refractivity contribution in [1.82, 2.24) is 41.1 Å². The molecule has 3 aromatic heterocycles. The maximum atomic E-state index is 12.1. The van der Waals surface area contributed by atoms with Crippen LogP contribution < -0.4 is 16.1 Å². The molecule has 0 spiro atoms. The molecule has 14 heteroatoms. The van der Waals surface area contributed by atoms with E-state index in [4.69, 9.17) is 4.63 Å². The molecular formula is C21H21BrN10O3. The number of nitrogens with zero attached hydrogens (tertiary/aromatic N) is 7. The zero-order valence-corrected chi connectivity index (χ0v) is 19.9. The van der Waals surface area contributed by atoms with Crippen molar-refractivity contribution in [1.29, 1.82) is 0 Å². The van der Waals surface area contributed by atoms with Crippen molar-refractivity contribution in [2.24, 2.45) is 4.99 Å². The van der Waals surface area contributed by atoms with Crippen molar-refractivity contribution >= 4 is 33.5 Å². The van der Waals surface area contributed by atoms with E-state index in [1.165, 1.54) is 0 Å². The minimum absolute atomic E-state index is 0.108. The SMILES string of the molecule is O=C(NCc1cn(CCNc2nonc2C(=NCc2ccccc2Br)NO)nn1)c1ccccn1. The summed E-state index contributed by atoms with van der Waals surface area (Å²) >= 11 is 3.47. The monoisotopic (exact) mass is 540 g/mol. The van der Waals surface area contributed by atoms with Crippen LogP contribution in [0.3, 0.4) is 0 Å². The first-order chi connectivity index (χ1) is 17.1. The minimum Gasteiger partial charge on any atom is -0.363 e. The highest BCUT2D eigenvalue weighted by atomic mass is 79.9. The van der Waals surface area contributed by atoms with Gasteiger partial charge in [0.05, 0.1) is 25.8 Å². The Morgan fingerprint density at radius 3 is 2.83 bits per heavy atom. The predicted octanol–water partition coefficient (Wildman–Crippen LogP) is 1.79. The Morgan fingerprint density at radius 2 is 2.03 bits per heavy atom. The number of amidine groups is 1. The van der Waals surface area contributed by atoms with Crippen LogP contribution in [0.25, 0.3) is 0 Å². The smallest absolute Gasteiger partial charge is 0.270 e. The second kappa shape index (κ2) is 11.8. The summed E-state index contributed by atoms with van der Waals surface area (Å²) in [5.41, 5.74) is 4.15. The Balaban J connectivity index is 1.29. The van der Waals surface area contributed by atoms with Gasteiger partial charge in [0.1, 0.15) is 11.4 Å². The van der Waals surface area contributed by atoms with E-state index in [0.717, 1.165) is 10.0 Å². The highest BCUT2D eigenvalue weighted by Gasteiger charge is 2.16. The summed E-state index contributed by atoms with van der Waals surface area (Å²) in [6.45, 7) is 1.38. The van der Waals surface area contributed by atoms with Crippen LogP contribution >= 0.6 is 15.9 Å². The average Bonchev–Trinajstić information content (AvgIpc) is 3.54. The molecule has 0 aliphatic heterocycles. The maximum absolute atomic E-state index is 12.1. The van der Waals surface area contributed by atoms with Gasteiger partial charge >= 0.3 is 0 Å². The van der Waals surface area contributed by atoms with E-state index in [9.17, 15) is 10.0 Å². The second-order valence-electron chi connectivity index (χ2n) is 7.13. The summed E-state index contributed by atoms with van der Waals surface area (Å²) in [5, 5.41) is 31.1. The number of amides is 1. The molecule has 180 valence electrons. The van der Waals surface area contributed by atoms with Gasteiger partial charge in [0.25, 0.3) is 5.91 Å². The van der Waals surface area contributed by atoms with Gasteiger partial charge in [0, 0.05) is 17.2 Å². The first-order valence-electron chi connectivity index (χ1n) is 10.5. The van der Waals surface area contributed by atoms with E-state index in [-0.39, 0.29) is 24.0 Å². The zero-order valence-electron chi connectivity index (χ0n) is 18.3. The highest BCUT2D eigenvalue weighted by molar-refractivity contribution is 9.10. The Kier molecular flexibility index (Phi) is 8.08. The van der Waals surface area contributed by atoms with Gasteiger partial charge in [-0.25, -0.2) is 4.63 Å². The van der Waals surface area contributed by atoms with Crippen molar-refractivity contribution in [3.05, 3.63) is 82.0 Å². The molecule has 4 aromatic rings. The summed E-state index contributed by atoms with van der Waals surface area (Å²) < 4.78 is 7.34. The minimum atomic E-state index is -0.289. The van der Waals surface area contributed by atoms with Crippen molar-refractivity contribution < 1.29 is 14.6 Å². The van der Waals surface area contributed by atoms with Gasteiger partial charge < -0.3 is 10.6 Å². The Morgan fingerprint density at radius 1 is 1.17 bits per heavy atom. The van der Waals surface area contributed by atoms with Crippen LogP contribution in [0.2, 0.25) is 0 Å². The van der Waals surface area contributed by atoms with E-state index in [1.54, 1.807) is 35.3 Å². The van der Waals surface area contributed by atoms with Gasteiger partial charge in [-0.05, 0) is 34.1 Å². The molecule has 1 amide bonds. The Bertz CT molecular complexity index is 1290. The lowest BCUT2D eigenvalue weighted by atomic mass is 10.2. The fourth-order valence-electron chi connectivity index (χ4n) is 2.99. The van der Waals surface area contributed by atoms with Crippen molar-refractivity contribution in [2.45, 2.75) is 19.6 Å². The van der Waals surface area contributed by atoms with Crippen molar-refractivity contribution in [2.75, 3.05) is 11.9 Å². The maximum Gasteiger partial charge on any atom is 0.270 e. The van der Waals surface area contributed by atoms with Crippen LogP contribution in [0.1, 0.15) is 27.4 Å². The summed E-state index contributed by atoms with van der Waals surface area (Å²) in [5.74, 6) is 0.124. The van der Waals surface area contributed by atoms with Crippen LogP contribution in [0.4, 0.5) is 5.82 Å². The first-order valence-corrected chi connectivity index (χ1v) is 11.3. The number of aliphatic imine (C=N–C) groups is 1. The number of nitrogens with one attached hydrogen (secondary N) is 3. The molecule has 0 saturated carbocycles. The lowest BCUT2D eigenvalue weighted by Crippen LogP contribution is -2.23. The fraction of sp³-hybridized carbons (Fsp3) is 0.190. The van der Waals surface area contributed by atoms with Crippen LogP contribution in [-0.4, -0.2) is 53.8 Å². The van der Waals surface area contributed by atoms with Crippen LogP contribution in [0.5, 0.6) is 0 Å². The second-order valence-corrected chi connectivity index (χ2v) is 7.98. The number of carbonyl (C=O) groups is 1. The standard InChI is InChI=1S/C21H21BrN10O3/c22-16-6-2-1-5-14(16)11-25-19(28-34)18-20(30-35-29-18)24-9-10-32-13-15(27-31-32)12-26-21(33)17-7-3-4-8-23-17/h1-8,13,34H,9-12H2,(H,24,30)(H,25,28)(H,26,33). The van der Waals surface area contributed by atoms with Crippen LogP contribution in [0.15, 0.2) is 69.0 Å². The molecule has 35 heavy (non-hydrogen) atoms. The molecule has 13 nitrogen and oxygen atoms in total. The summed E-state index contributed by atoms with van der Waals surface area (Å²) in [7, 11) is 0. The molecule has 0 fully saturated rings. The number of pyridine rings is 1. The largest absolute Gasteiger partial charge is 0.363 e. The number of hydroxylamine groups is 1. The van der Waals surface area contributed by atoms with E-state index in [1.807, 2.05) is 29.7 Å². The Labute approximate surface area is 207 Å². The van der Waals surface area contributed by atoms with Gasteiger partial charge in [-0.1, -0.05) is 45.4 Å². The Hall–Kier alpha value is -4.17.